The van der Waals surface area contributed by atoms with Crippen LogP contribution in [0, 0.1) is 0 Å². The Balaban J connectivity index is 1.56. The lowest BCUT2D eigenvalue weighted by Crippen LogP contribution is -2.22. The molecule has 4 heteroatoms. The highest BCUT2D eigenvalue weighted by Crippen LogP contribution is 2.30. The molecule has 4 nitrogen and oxygen atoms in total. The molecule has 1 aromatic carbocycles. The van der Waals surface area contributed by atoms with E-state index in [-0.39, 0.29) is 0 Å². The van der Waals surface area contributed by atoms with Crippen LogP contribution in [0.5, 0.6) is 0 Å². The first-order chi connectivity index (χ1) is 8.83. The van der Waals surface area contributed by atoms with Gasteiger partial charge in [0.15, 0.2) is 5.82 Å². The Labute approximate surface area is 107 Å². The Morgan fingerprint density at radius 2 is 2.28 bits per heavy atom. The number of rotatable bonds is 4. The maximum absolute atomic E-state index is 4.28. The van der Waals surface area contributed by atoms with Crippen LogP contribution in [0.25, 0.3) is 0 Å². The van der Waals surface area contributed by atoms with Crippen molar-refractivity contribution in [3.8, 4) is 0 Å². The summed E-state index contributed by atoms with van der Waals surface area (Å²) in [7, 11) is 1.90. The summed E-state index contributed by atoms with van der Waals surface area (Å²) in [4.78, 5) is 4.24. The molecule has 0 saturated carbocycles. The zero-order chi connectivity index (χ0) is 12.4. The second-order valence-electron chi connectivity index (χ2n) is 4.83. The molecule has 3 rings (SSSR count). The van der Waals surface area contributed by atoms with Crippen LogP contribution in [0.4, 0.5) is 0 Å². The van der Waals surface area contributed by atoms with E-state index in [1.54, 1.807) is 11.0 Å². The maximum atomic E-state index is 4.28. The summed E-state index contributed by atoms with van der Waals surface area (Å²) in [5.41, 5.74) is 2.96. The molecule has 1 atom stereocenters. The van der Waals surface area contributed by atoms with Crippen molar-refractivity contribution in [2.24, 2.45) is 7.05 Å². The number of nitrogens with one attached hydrogen (secondary N) is 1. The fraction of sp³-hybridized carbons (Fsp3) is 0.429. The van der Waals surface area contributed by atoms with Gasteiger partial charge in [-0.3, -0.25) is 4.68 Å². The topological polar surface area (TPSA) is 42.7 Å². The maximum Gasteiger partial charge on any atom is 0.151 e. The van der Waals surface area contributed by atoms with Crippen molar-refractivity contribution < 1.29 is 0 Å². The van der Waals surface area contributed by atoms with E-state index in [1.165, 1.54) is 24.0 Å². The SMILES string of the molecule is Cn1cnc(CCNC2CCc3ccccc32)n1. The van der Waals surface area contributed by atoms with Crippen LogP contribution in [-0.4, -0.2) is 21.3 Å². The van der Waals surface area contributed by atoms with Gasteiger partial charge in [0.25, 0.3) is 0 Å². The molecule has 0 spiro atoms. The summed E-state index contributed by atoms with van der Waals surface area (Å²) in [6, 6.07) is 9.22. The van der Waals surface area contributed by atoms with Crippen LogP contribution >= 0.6 is 0 Å². The van der Waals surface area contributed by atoms with Crippen LogP contribution in [-0.2, 0) is 19.9 Å². The van der Waals surface area contributed by atoms with Crippen LogP contribution in [0.2, 0.25) is 0 Å². The minimum atomic E-state index is 0.505. The molecular weight excluding hydrogens is 224 g/mol. The Morgan fingerprint density at radius 1 is 1.39 bits per heavy atom. The predicted molar refractivity (Wildman–Crippen MR) is 70.2 cm³/mol. The van der Waals surface area contributed by atoms with Gasteiger partial charge in [-0.1, -0.05) is 24.3 Å². The van der Waals surface area contributed by atoms with Crippen LogP contribution in [0.3, 0.4) is 0 Å². The highest BCUT2D eigenvalue weighted by molar-refractivity contribution is 5.34. The van der Waals surface area contributed by atoms with Gasteiger partial charge in [0.1, 0.15) is 6.33 Å². The third-order valence-electron chi connectivity index (χ3n) is 3.52. The molecule has 1 unspecified atom stereocenters. The van der Waals surface area contributed by atoms with Gasteiger partial charge < -0.3 is 5.32 Å². The Hall–Kier alpha value is -1.68. The molecular formula is C14H18N4. The quantitative estimate of drug-likeness (QED) is 0.886. The Morgan fingerprint density at radius 3 is 3.11 bits per heavy atom. The molecule has 2 aromatic rings. The number of nitrogens with zero attached hydrogens (tertiary/aromatic N) is 3. The molecule has 18 heavy (non-hydrogen) atoms. The van der Waals surface area contributed by atoms with Crippen molar-refractivity contribution in [3.05, 3.63) is 47.5 Å². The van der Waals surface area contributed by atoms with E-state index < -0.39 is 0 Å². The fourth-order valence-electron chi connectivity index (χ4n) is 2.63. The first-order valence-electron chi connectivity index (χ1n) is 6.48. The summed E-state index contributed by atoms with van der Waals surface area (Å²) in [5, 5.41) is 7.89. The number of hydrogen-bond acceptors (Lipinski definition) is 3. The second-order valence-corrected chi connectivity index (χ2v) is 4.83. The van der Waals surface area contributed by atoms with E-state index in [1.807, 2.05) is 7.05 Å². The van der Waals surface area contributed by atoms with Crippen molar-refractivity contribution in [2.75, 3.05) is 6.54 Å². The highest BCUT2D eigenvalue weighted by atomic mass is 15.3. The largest absolute Gasteiger partial charge is 0.309 e. The minimum Gasteiger partial charge on any atom is -0.309 e. The van der Waals surface area contributed by atoms with Crippen LogP contribution < -0.4 is 5.32 Å². The molecule has 0 saturated heterocycles. The van der Waals surface area contributed by atoms with Gasteiger partial charge in [-0.05, 0) is 24.0 Å². The zero-order valence-corrected chi connectivity index (χ0v) is 10.6. The molecule has 1 N–H and O–H groups in total. The van der Waals surface area contributed by atoms with Gasteiger partial charge in [-0.2, -0.15) is 5.10 Å². The van der Waals surface area contributed by atoms with Crippen LogP contribution in [0.1, 0.15) is 29.4 Å². The standard InChI is InChI=1S/C14H18N4/c1-18-10-16-14(17-18)8-9-15-13-7-6-11-4-2-3-5-12(11)13/h2-5,10,13,15H,6-9H2,1H3. The van der Waals surface area contributed by atoms with Gasteiger partial charge in [-0.15, -0.1) is 0 Å². The van der Waals surface area contributed by atoms with Gasteiger partial charge in [0.2, 0.25) is 0 Å². The zero-order valence-electron chi connectivity index (χ0n) is 10.6. The molecule has 1 aliphatic carbocycles. The average Bonchev–Trinajstić information content (AvgIpc) is 2.97. The molecule has 0 radical (unpaired) electrons. The summed E-state index contributed by atoms with van der Waals surface area (Å²) < 4.78 is 1.75. The monoisotopic (exact) mass is 242 g/mol. The van der Waals surface area contributed by atoms with E-state index in [4.69, 9.17) is 0 Å². The third kappa shape index (κ3) is 2.29. The first-order valence-corrected chi connectivity index (χ1v) is 6.48. The Kier molecular flexibility index (Phi) is 3.11. The fourth-order valence-corrected chi connectivity index (χ4v) is 2.63. The lowest BCUT2D eigenvalue weighted by molar-refractivity contribution is 0.528. The number of fused-ring (bicyclic) bond motifs is 1. The average molecular weight is 242 g/mol. The molecule has 0 fully saturated rings. The van der Waals surface area contributed by atoms with Crippen molar-refractivity contribution >= 4 is 0 Å². The highest BCUT2D eigenvalue weighted by Gasteiger charge is 2.20. The molecule has 0 bridgehead atoms. The van der Waals surface area contributed by atoms with E-state index >= 15 is 0 Å². The molecule has 0 aliphatic heterocycles. The van der Waals surface area contributed by atoms with E-state index in [0.717, 1.165) is 18.8 Å². The third-order valence-corrected chi connectivity index (χ3v) is 3.52. The van der Waals surface area contributed by atoms with E-state index in [2.05, 4.69) is 39.7 Å². The lowest BCUT2D eigenvalue weighted by Gasteiger charge is -2.13. The summed E-state index contributed by atoms with van der Waals surface area (Å²) in [6.07, 6.45) is 5.03. The molecule has 1 heterocycles. The van der Waals surface area contributed by atoms with Gasteiger partial charge in [0, 0.05) is 26.1 Å². The van der Waals surface area contributed by atoms with Crippen molar-refractivity contribution in [1.29, 1.82) is 0 Å². The minimum absolute atomic E-state index is 0.505. The number of aromatic nitrogens is 3. The van der Waals surface area contributed by atoms with Crippen molar-refractivity contribution in [3.63, 3.8) is 0 Å². The summed E-state index contributed by atoms with van der Waals surface area (Å²) in [5.74, 6) is 0.913. The van der Waals surface area contributed by atoms with Gasteiger partial charge >= 0.3 is 0 Å². The number of benzene rings is 1. The summed E-state index contributed by atoms with van der Waals surface area (Å²) >= 11 is 0. The number of aryl methyl sites for hydroxylation is 2. The Bertz CT molecular complexity index is 532. The second kappa shape index (κ2) is 4.90. The smallest absolute Gasteiger partial charge is 0.151 e. The summed E-state index contributed by atoms with van der Waals surface area (Å²) in [6.45, 7) is 0.934. The molecule has 1 aliphatic rings. The van der Waals surface area contributed by atoms with Crippen molar-refractivity contribution in [2.45, 2.75) is 25.3 Å². The van der Waals surface area contributed by atoms with Gasteiger partial charge in [-0.25, -0.2) is 4.98 Å². The van der Waals surface area contributed by atoms with E-state index in [0.29, 0.717) is 6.04 Å². The first kappa shape index (κ1) is 11.4. The molecule has 94 valence electrons. The molecule has 0 amide bonds. The number of hydrogen-bond donors (Lipinski definition) is 1. The normalized spacial score (nSPS) is 17.9. The van der Waals surface area contributed by atoms with Crippen LogP contribution in [0.15, 0.2) is 30.6 Å². The van der Waals surface area contributed by atoms with Gasteiger partial charge in [0.05, 0.1) is 0 Å². The lowest BCUT2D eigenvalue weighted by atomic mass is 10.1. The van der Waals surface area contributed by atoms with Crippen molar-refractivity contribution in [1.82, 2.24) is 20.1 Å². The van der Waals surface area contributed by atoms with E-state index in [9.17, 15) is 0 Å². The molecule has 1 aromatic heterocycles. The predicted octanol–water partition coefficient (Wildman–Crippen LogP) is 1.63.